The first-order valence-corrected chi connectivity index (χ1v) is 8.03. The summed E-state index contributed by atoms with van der Waals surface area (Å²) in [6, 6.07) is 1.97. The van der Waals surface area contributed by atoms with Crippen LogP contribution in [0.15, 0.2) is 12.3 Å². The fourth-order valence-corrected chi connectivity index (χ4v) is 2.63. The van der Waals surface area contributed by atoms with Gasteiger partial charge in [-0.2, -0.15) is 0 Å². The molecule has 1 aliphatic carbocycles. The summed E-state index contributed by atoms with van der Waals surface area (Å²) in [6.45, 7) is 10.2. The standard InChI is InChI=1S/C17H24BNO3/c1-11-10-19-13(9-15(20)12-6-7-12)8-14(11)18-21-16(2,3)17(4,5)22-18/h8,10,12H,6-7,9H2,1-5H3. The van der Waals surface area contributed by atoms with E-state index < -0.39 is 7.12 Å². The van der Waals surface area contributed by atoms with Gasteiger partial charge in [-0.15, -0.1) is 0 Å². The third-order valence-corrected chi connectivity index (χ3v) is 5.10. The van der Waals surface area contributed by atoms with E-state index in [1.54, 1.807) is 0 Å². The Kier molecular flexibility index (Phi) is 3.69. The van der Waals surface area contributed by atoms with E-state index in [2.05, 4.69) is 4.98 Å². The fraction of sp³-hybridized carbons (Fsp3) is 0.647. The predicted octanol–water partition coefficient (Wildman–Crippen LogP) is 2.21. The van der Waals surface area contributed by atoms with E-state index in [0.29, 0.717) is 12.2 Å². The van der Waals surface area contributed by atoms with Crippen molar-refractivity contribution in [3.8, 4) is 0 Å². The van der Waals surface area contributed by atoms with Crippen molar-refractivity contribution in [1.82, 2.24) is 4.98 Å². The minimum absolute atomic E-state index is 0.267. The van der Waals surface area contributed by atoms with E-state index in [0.717, 1.165) is 29.6 Å². The Labute approximate surface area is 132 Å². The van der Waals surface area contributed by atoms with Gasteiger partial charge >= 0.3 is 7.12 Å². The highest BCUT2D eigenvalue weighted by molar-refractivity contribution is 6.62. The Balaban J connectivity index is 1.83. The van der Waals surface area contributed by atoms with Crippen molar-refractivity contribution < 1.29 is 14.1 Å². The van der Waals surface area contributed by atoms with Crippen LogP contribution in [0.1, 0.15) is 51.8 Å². The van der Waals surface area contributed by atoms with Gasteiger partial charge in [-0.1, -0.05) is 0 Å². The summed E-state index contributed by atoms with van der Waals surface area (Å²) in [6.07, 6.45) is 4.30. The largest absolute Gasteiger partial charge is 0.495 e. The smallest absolute Gasteiger partial charge is 0.399 e. The SMILES string of the molecule is Cc1cnc(CC(=O)C2CC2)cc1B1OC(C)(C)C(C)(C)O1. The lowest BCUT2D eigenvalue weighted by molar-refractivity contribution is -0.119. The predicted molar refractivity (Wildman–Crippen MR) is 86.1 cm³/mol. The number of aromatic nitrogens is 1. The zero-order valence-corrected chi connectivity index (χ0v) is 14.1. The highest BCUT2D eigenvalue weighted by atomic mass is 16.7. The molecule has 22 heavy (non-hydrogen) atoms. The van der Waals surface area contributed by atoms with Crippen molar-refractivity contribution in [2.45, 2.75) is 65.1 Å². The number of carbonyl (C=O) groups excluding carboxylic acids is 1. The molecule has 1 saturated heterocycles. The lowest BCUT2D eigenvalue weighted by Gasteiger charge is -2.32. The number of pyridine rings is 1. The average molecular weight is 301 g/mol. The van der Waals surface area contributed by atoms with Gasteiger partial charge in [0.05, 0.1) is 11.2 Å². The Bertz CT molecular complexity index is 592. The zero-order valence-electron chi connectivity index (χ0n) is 14.1. The maximum absolute atomic E-state index is 12.0. The van der Waals surface area contributed by atoms with E-state index in [1.165, 1.54) is 0 Å². The van der Waals surface area contributed by atoms with Gasteiger partial charge in [0.1, 0.15) is 5.78 Å². The van der Waals surface area contributed by atoms with Crippen molar-refractivity contribution in [3.05, 3.63) is 23.5 Å². The van der Waals surface area contributed by atoms with Crippen LogP contribution in [-0.4, -0.2) is 29.1 Å². The molecule has 3 rings (SSSR count). The first-order valence-electron chi connectivity index (χ1n) is 8.03. The van der Waals surface area contributed by atoms with Gasteiger partial charge in [-0.05, 0) is 64.6 Å². The lowest BCUT2D eigenvalue weighted by atomic mass is 9.76. The molecule has 1 aliphatic heterocycles. The third-order valence-electron chi connectivity index (χ3n) is 5.10. The summed E-state index contributed by atoms with van der Waals surface area (Å²) < 4.78 is 12.2. The van der Waals surface area contributed by atoms with Crippen LogP contribution in [0, 0.1) is 12.8 Å². The first kappa shape index (κ1) is 15.7. The van der Waals surface area contributed by atoms with E-state index in [9.17, 15) is 4.79 Å². The van der Waals surface area contributed by atoms with Crippen molar-refractivity contribution in [2.75, 3.05) is 0 Å². The molecule has 1 aromatic rings. The molecule has 0 N–H and O–H groups in total. The van der Waals surface area contributed by atoms with Gasteiger partial charge in [0, 0.05) is 24.2 Å². The van der Waals surface area contributed by atoms with Gasteiger partial charge < -0.3 is 9.31 Å². The van der Waals surface area contributed by atoms with Gasteiger partial charge in [0.2, 0.25) is 0 Å². The summed E-state index contributed by atoms with van der Waals surface area (Å²) in [5.74, 6) is 0.569. The number of aryl methyl sites for hydroxylation is 1. The van der Waals surface area contributed by atoms with Crippen LogP contribution in [0.3, 0.4) is 0 Å². The summed E-state index contributed by atoms with van der Waals surface area (Å²) in [5, 5.41) is 0. The second-order valence-electron chi connectivity index (χ2n) is 7.54. The molecule has 1 aromatic heterocycles. The molecule has 0 bridgehead atoms. The second kappa shape index (κ2) is 5.17. The van der Waals surface area contributed by atoms with Crippen LogP contribution in [-0.2, 0) is 20.5 Å². The average Bonchev–Trinajstić information content (AvgIpc) is 3.20. The fourth-order valence-electron chi connectivity index (χ4n) is 2.63. The molecule has 0 aromatic carbocycles. The number of nitrogens with zero attached hydrogens (tertiary/aromatic N) is 1. The Morgan fingerprint density at radius 2 is 1.86 bits per heavy atom. The number of ketones is 1. The highest BCUT2D eigenvalue weighted by Gasteiger charge is 2.52. The maximum atomic E-state index is 12.0. The highest BCUT2D eigenvalue weighted by Crippen LogP contribution is 2.36. The molecule has 0 unspecified atom stereocenters. The second-order valence-corrected chi connectivity index (χ2v) is 7.54. The topological polar surface area (TPSA) is 48.4 Å². The molecule has 4 nitrogen and oxygen atoms in total. The van der Waals surface area contributed by atoms with E-state index in [1.807, 2.05) is 46.9 Å². The van der Waals surface area contributed by atoms with Crippen LogP contribution in [0.4, 0.5) is 0 Å². The Morgan fingerprint density at radius 1 is 1.27 bits per heavy atom. The van der Waals surface area contributed by atoms with E-state index in [-0.39, 0.29) is 17.1 Å². The van der Waals surface area contributed by atoms with Gasteiger partial charge in [0.15, 0.2) is 0 Å². The number of Topliss-reactive ketones (excluding diaryl/α,β-unsaturated/α-hetero) is 1. The first-order chi connectivity index (χ1) is 10.2. The minimum atomic E-state index is -0.400. The summed E-state index contributed by atoms with van der Waals surface area (Å²) in [4.78, 5) is 16.4. The maximum Gasteiger partial charge on any atom is 0.495 e. The van der Waals surface area contributed by atoms with E-state index in [4.69, 9.17) is 9.31 Å². The van der Waals surface area contributed by atoms with Crippen molar-refractivity contribution in [3.63, 3.8) is 0 Å². The van der Waals surface area contributed by atoms with Crippen molar-refractivity contribution >= 4 is 18.4 Å². The number of rotatable bonds is 4. The Morgan fingerprint density at radius 3 is 2.41 bits per heavy atom. The molecule has 5 heteroatoms. The Hall–Kier alpha value is -1.20. The summed E-state index contributed by atoms with van der Waals surface area (Å²) >= 11 is 0. The van der Waals surface area contributed by atoms with Crippen molar-refractivity contribution in [2.24, 2.45) is 5.92 Å². The quantitative estimate of drug-likeness (QED) is 0.800. The zero-order chi connectivity index (χ0) is 16.1. The van der Waals surface area contributed by atoms with Crippen molar-refractivity contribution in [1.29, 1.82) is 0 Å². The number of hydrogen-bond acceptors (Lipinski definition) is 4. The molecular weight excluding hydrogens is 277 g/mol. The normalized spacial score (nSPS) is 22.9. The molecule has 0 amide bonds. The molecule has 2 aliphatic rings. The monoisotopic (exact) mass is 301 g/mol. The molecular formula is C17H24BNO3. The summed E-state index contributed by atoms with van der Waals surface area (Å²) in [7, 11) is -0.400. The molecule has 0 radical (unpaired) electrons. The van der Waals surface area contributed by atoms with Crippen LogP contribution >= 0.6 is 0 Å². The molecule has 2 fully saturated rings. The van der Waals surface area contributed by atoms with Crippen LogP contribution in [0.25, 0.3) is 0 Å². The lowest BCUT2D eigenvalue weighted by Crippen LogP contribution is -2.41. The molecule has 2 heterocycles. The van der Waals surface area contributed by atoms with Gasteiger partial charge in [0.25, 0.3) is 0 Å². The number of hydrogen-bond donors (Lipinski definition) is 0. The molecule has 118 valence electrons. The summed E-state index contributed by atoms with van der Waals surface area (Å²) in [5.41, 5.74) is 2.09. The third kappa shape index (κ3) is 2.84. The molecule has 1 saturated carbocycles. The number of carbonyl (C=O) groups is 1. The van der Waals surface area contributed by atoms with Crippen LogP contribution in [0.2, 0.25) is 0 Å². The van der Waals surface area contributed by atoms with E-state index >= 15 is 0 Å². The van der Waals surface area contributed by atoms with Gasteiger partial charge in [-0.3, -0.25) is 9.78 Å². The molecule has 0 spiro atoms. The van der Waals surface area contributed by atoms with Gasteiger partial charge in [-0.25, -0.2) is 0 Å². The van der Waals surface area contributed by atoms with Crippen LogP contribution in [0.5, 0.6) is 0 Å². The molecule has 0 atom stereocenters. The van der Waals surface area contributed by atoms with Crippen LogP contribution < -0.4 is 5.46 Å². The minimum Gasteiger partial charge on any atom is -0.399 e.